The third-order valence-electron chi connectivity index (χ3n) is 3.14. The van der Waals surface area contributed by atoms with E-state index in [0.717, 1.165) is 17.1 Å². The maximum Gasteiger partial charge on any atom is 0.307 e. The predicted octanol–water partition coefficient (Wildman–Crippen LogP) is 0.760. The van der Waals surface area contributed by atoms with Crippen molar-refractivity contribution in [3.8, 4) is 11.5 Å². The number of aliphatic hydroxyl groups excluding tert-OH is 1. The third-order valence-corrected chi connectivity index (χ3v) is 3.14. The molecule has 1 atom stereocenters. The van der Waals surface area contributed by atoms with Gasteiger partial charge in [0.2, 0.25) is 0 Å². The van der Waals surface area contributed by atoms with Crippen LogP contribution in [0.2, 0.25) is 0 Å². The number of ether oxygens (including phenoxy) is 3. The van der Waals surface area contributed by atoms with Gasteiger partial charge >= 0.3 is 5.97 Å². The van der Waals surface area contributed by atoms with Gasteiger partial charge in [-0.05, 0) is 30.2 Å². The molecule has 0 aliphatic rings. The Bertz CT molecular complexity index is 450. The minimum absolute atomic E-state index is 0.00686. The van der Waals surface area contributed by atoms with E-state index < -0.39 is 0 Å². The number of methoxy groups -OCH3 is 3. The van der Waals surface area contributed by atoms with Gasteiger partial charge in [-0.1, -0.05) is 0 Å². The lowest BCUT2D eigenvalue weighted by Gasteiger charge is -2.19. The molecule has 0 fully saturated rings. The molecule has 0 heterocycles. The monoisotopic (exact) mass is 297 g/mol. The summed E-state index contributed by atoms with van der Waals surface area (Å²) in [6.07, 6.45) is 0.784. The molecule has 118 valence electrons. The number of benzene rings is 1. The van der Waals surface area contributed by atoms with Crippen LogP contribution < -0.4 is 14.8 Å². The smallest absolute Gasteiger partial charge is 0.307 e. The van der Waals surface area contributed by atoms with E-state index in [-0.39, 0.29) is 25.0 Å². The molecule has 0 aromatic heterocycles. The number of nitrogens with one attached hydrogen (secondary N) is 1. The second kappa shape index (κ2) is 9.20. The van der Waals surface area contributed by atoms with Gasteiger partial charge in [0.05, 0.1) is 34.4 Å². The Morgan fingerprint density at radius 3 is 2.62 bits per heavy atom. The fourth-order valence-corrected chi connectivity index (χ4v) is 2.08. The second-order valence-electron chi connectivity index (χ2n) is 4.54. The van der Waals surface area contributed by atoms with Gasteiger partial charge in [0, 0.05) is 12.6 Å². The largest absolute Gasteiger partial charge is 0.497 e. The zero-order valence-electron chi connectivity index (χ0n) is 12.7. The highest BCUT2D eigenvalue weighted by Gasteiger charge is 2.17. The summed E-state index contributed by atoms with van der Waals surface area (Å²) in [7, 11) is 4.56. The quantitative estimate of drug-likeness (QED) is 0.655. The highest BCUT2D eigenvalue weighted by atomic mass is 16.5. The van der Waals surface area contributed by atoms with Crippen LogP contribution in [0.25, 0.3) is 0 Å². The first-order chi connectivity index (χ1) is 10.1. The van der Waals surface area contributed by atoms with Crippen molar-refractivity contribution in [3.63, 3.8) is 0 Å². The Morgan fingerprint density at radius 2 is 2.05 bits per heavy atom. The second-order valence-corrected chi connectivity index (χ2v) is 4.54. The van der Waals surface area contributed by atoms with Gasteiger partial charge in [-0.25, -0.2) is 0 Å². The predicted molar refractivity (Wildman–Crippen MR) is 78.8 cm³/mol. The van der Waals surface area contributed by atoms with Crippen molar-refractivity contribution in [2.75, 3.05) is 34.5 Å². The first-order valence-corrected chi connectivity index (χ1v) is 6.76. The average Bonchev–Trinajstić information content (AvgIpc) is 2.52. The molecular formula is C15H23NO5. The zero-order valence-corrected chi connectivity index (χ0v) is 12.7. The Balaban J connectivity index is 2.87. The van der Waals surface area contributed by atoms with Crippen LogP contribution in [-0.2, 0) is 16.0 Å². The number of carbonyl (C=O) groups excluding carboxylic acids is 1. The van der Waals surface area contributed by atoms with Gasteiger partial charge in [-0.15, -0.1) is 0 Å². The standard InChI is InChI=1S/C15H23NO5/c1-19-13-4-5-14(20-2)11(9-13)8-12(16-6-7-17)10-15(18)21-3/h4-5,9,12,16-17H,6-8,10H2,1-3H3. The van der Waals surface area contributed by atoms with Gasteiger partial charge in [-0.3, -0.25) is 4.79 Å². The van der Waals surface area contributed by atoms with Crippen LogP contribution in [0.1, 0.15) is 12.0 Å². The van der Waals surface area contributed by atoms with Crippen molar-refractivity contribution < 1.29 is 24.1 Å². The molecule has 0 radical (unpaired) electrons. The van der Waals surface area contributed by atoms with E-state index in [1.54, 1.807) is 14.2 Å². The van der Waals surface area contributed by atoms with Crippen LogP contribution in [0, 0.1) is 0 Å². The number of hydrogen-bond donors (Lipinski definition) is 2. The molecular weight excluding hydrogens is 274 g/mol. The number of carbonyl (C=O) groups is 1. The lowest BCUT2D eigenvalue weighted by Crippen LogP contribution is -2.35. The molecule has 1 unspecified atom stereocenters. The van der Waals surface area contributed by atoms with E-state index in [4.69, 9.17) is 19.3 Å². The molecule has 0 spiro atoms. The zero-order chi connectivity index (χ0) is 15.7. The molecule has 2 N–H and O–H groups in total. The van der Waals surface area contributed by atoms with E-state index in [0.29, 0.717) is 13.0 Å². The van der Waals surface area contributed by atoms with Crippen molar-refractivity contribution in [3.05, 3.63) is 23.8 Å². The molecule has 6 nitrogen and oxygen atoms in total. The fourth-order valence-electron chi connectivity index (χ4n) is 2.08. The van der Waals surface area contributed by atoms with Crippen molar-refractivity contribution in [1.82, 2.24) is 5.32 Å². The van der Waals surface area contributed by atoms with E-state index in [9.17, 15) is 4.79 Å². The van der Waals surface area contributed by atoms with Gasteiger partial charge in [0.25, 0.3) is 0 Å². The van der Waals surface area contributed by atoms with Crippen LogP contribution in [0.5, 0.6) is 11.5 Å². The summed E-state index contributed by atoms with van der Waals surface area (Å²) in [6.45, 7) is 0.418. The molecule has 0 bridgehead atoms. The number of aliphatic hydroxyl groups is 1. The van der Waals surface area contributed by atoms with Gasteiger partial charge in [0.1, 0.15) is 11.5 Å². The van der Waals surface area contributed by atoms with Crippen molar-refractivity contribution in [2.24, 2.45) is 0 Å². The van der Waals surface area contributed by atoms with Gasteiger partial charge < -0.3 is 24.6 Å². The molecule has 0 aliphatic carbocycles. The van der Waals surface area contributed by atoms with Crippen LogP contribution in [0.3, 0.4) is 0 Å². The molecule has 1 rings (SSSR count). The third kappa shape index (κ3) is 5.61. The first kappa shape index (κ1) is 17.3. The van der Waals surface area contributed by atoms with Gasteiger partial charge in [-0.2, -0.15) is 0 Å². The lowest BCUT2D eigenvalue weighted by atomic mass is 10.0. The van der Waals surface area contributed by atoms with Crippen LogP contribution in [0.4, 0.5) is 0 Å². The normalized spacial score (nSPS) is 11.8. The topological polar surface area (TPSA) is 77.0 Å². The van der Waals surface area contributed by atoms with Crippen molar-refractivity contribution in [1.29, 1.82) is 0 Å². The van der Waals surface area contributed by atoms with E-state index >= 15 is 0 Å². The lowest BCUT2D eigenvalue weighted by molar-refractivity contribution is -0.141. The summed E-state index contributed by atoms with van der Waals surface area (Å²) in [6, 6.07) is 5.38. The minimum atomic E-state index is -0.299. The van der Waals surface area contributed by atoms with Crippen molar-refractivity contribution >= 4 is 5.97 Å². The summed E-state index contributed by atoms with van der Waals surface area (Å²) in [4.78, 5) is 11.5. The molecule has 0 saturated heterocycles. The summed E-state index contributed by atoms with van der Waals surface area (Å²) >= 11 is 0. The minimum Gasteiger partial charge on any atom is -0.497 e. The number of esters is 1. The number of hydrogen-bond acceptors (Lipinski definition) is 6. The first-order valence-electron chi connectivity index (χ1n) is 6.76. The molecule has 0 aliphatic heterocycles. The Hall–Kier alpha value is -1.79. The number of rotatable bonds is 9. The van der Waals surface area contributed by atoms with Crippen molar-refractivity contribution in [2.45, 2.75) is 18.9 Å². The summed E-state index contributed by atoms with van der Waals surface area (Å²) < 4.78 is 15.2. The summed E-state index contributed by atoms with van der Waals surface area (Å²) in [5.41, 5.74) is 0.927. The Labute approximate surface area is 125 Å². The summed E-state index contributed by atoms with van der Waals surface area (Å²) in [5.74, 6) is 1.16. The SMILES string of the molecule is COC(=O)CC(Cc1cc(OC)ccc1OC)NCCO. The highest BCUT2D eigenvalue weighted by molar-refractivity contribution is 5.70. The van der Waals surface area contributed by atoms with Crippen LogP contribution in [-0.4, -0.2) is 51.6 Å². The highest BCUT2D eigenvalue weighted by Crippen LogP contribution is 2.25. The molecule has 1 aromatic carbocycles. The van der Waals surface area contributed by atoms with Crippen LogP contribution >= 0.6 is 0 Å². The average molecular weight is 297 g/mol. The molecule has 0 saturated carbocycles. The Kier molecular flexibility index (Phi) is 7.56. The molecule has 21 heavy (non-hydrogen) atoms. The summed E-state index contributed by atoms with van der Waals surface area (Å²) in [5, 5.41) is 12.1. The maximum absolute atomic E-state index is 11.5. The van der Waals surface area contributed by atoms with E-state index in [1.165, 1.54) is 7.11 Å². The van der Waals surface area contributed by atoms with E-state index in [1.807, 2.05) is 18.2 Å². The Morgan fingerprint density at radius 1 is 1.29 bits per heavy atom. The van der Waals surface area contributed by atoms with Crippen LogP contribution in [0.15, 0.2) is 18.2 Å². The maximum atomic E-state index is 11.5. The molecule has 6 heteroatoms. The molecule has 0 amide bonds. The van der Waals surface area contributed by atoms with Gasteiger partial charge in [0.15, 0.2) is 0 Å². The fraction of sp³-hybridized carbons (Fsp3) is 0.533. The van der Waals surface area contributed by atoms with E-state index in [2.05, 4.69) is 5.32 Å². The molecule has 1 aromatic rings.